The molecule has 0 fully saturated rings. The lowest BCUT2D eigenvalue weighted by Gasteiger charge is -2.21. The van der Waals surface area contributed by atoms with E-state index in [2.05, 4.69) is 6.58 Å². The summed E-state index contributed by atoms with van der Waals surface area (Å²) in [4.78, 5) is 0. The van der Waals surface area contributed by atoms with Gasteiger partial charge in [-0.25, -0.2) is 0 Å². The fourth-order valence-electron chi connectivity index (χ4n) is 1.04. The summed E-state index contributed by atoms with van der Waals surface area (Å²) in [6.45, 7) is 5.50. The maximum Gasteiger partial charge on any atom is 0.0578 e. The smallest absolute Gasteiger partial charge is 0.0578 e. The van der Waals surface area contributed by atoms with Gasteiger partial charge in [-0.05, 0) is 24.6 Å². The predicted molar refractivity (Wildman–Crippen MR) is 58.2 cm³/mol. The summed E-state index contributed by atoms with van der Waals surface area (Å²) in [5, 5.41) is 1.17. The first-order valence-corrected chi connectivity index (χ1v) is 4.61. The zero-order valence-electron chi connectivity index (χ0n) is 7.35. The third kappa shape index (κ3) is 2.25. The Morgan fingerprint density at radius 1 is 1.46 bits per heavy atom. The van der Waals surface area contributed by atoms with Crippen LogP contribution in [-0.4, -0.2) is 0 Å². The van der Waals surface area contributed by atoms with Crippen molar-refractivity contribution in [3.63, 3.8) is 0 Å². The lowest BCUT2D eigenvalue weighted by atomic mass is 9.93. The van der Waals surface area contributed by atoms with E-state index in [1.807, 2.05) is 13.0 Å². The molecule has 0 radical (unpaired) electrons. The zero-order chi connectivity index (χ0) is 10.1. The van der Waals surface area contributed by atoms with Gasteiger partial charge in [0.05, 0.1) is 5.54 Å². The van der Waals surface area contributed by atoms with Gasteiger partial charge in [0.1, 0.15) is 0 Å². The highest BCUT2D eigenvalue weighted by Gasteiger charge is 2.19. The van der Waals surface area contributed by atoms with Crippen molar-refractivity contribution in [1.82, 2.24) is 0 Å². The van der Waals surface area contributed by atoms with Gasteiger partial charge in [0.15, 0.2) is 0 Å². The molecule has 0 heterocycles. The SMILES string of the molecule is C=C[C@@](C)(N)c1ccc(Cl)cc1Cl. The maximum atomic E-state index is 5.98. The van der Waals surface area contributed by atoms with Crippen LogP contribution in [0.4, 0.5) is 0 Å². The molecule has 0 aliphatic rings. The van der Waals surface area contributed by atoms with E-state index in [4.69, 9.17) is 28.9 Å². The molecule has 0 spiro atoms. The molecule has 0 aromatic heterocycles. The number of nitrogens with two attached hydrogens (primary N) is 1. The molecule has 1 atom stereocenters. The molecular formula is C10H11Cl2N. The summed E-state index contributed by atoms with van der Waals surface area (Å²) in [6, 6.07) is 5.25. The molecule has 13 heavy (non-hydrogen) atoms. The van der Waals surface area contributed by atoms with Crippen LogP contribution in [0.1, 0.15) is 12.5 Å². The molecule has 0 saturated carbocycles. The molecular weight excluding hydrogens is 205 g/mol. The van der Waals surface area contributed by atoms with Gasteiger partial charge in [-0.1, -0.05) is 35.3 Å². The second-order valence-corrected chi connectivity index (χ2v) is 3.95. The lowest BCUT2D eigenvalue weighted by molar-refractivity contribution is 0.632. The van der Waals surface area contributed by atoms with Gasteiger partial charge < -0.3 is 5.73 Å². The maximum absolute atomic E-state index is 5.98. The second-order valence-electron chi connectivity index (χ2n) is 3.11. The zero-order valence-corrected chi connectivity index (χ0v) is 8.86. The van der Waals surface area contributed by atoms with Crippen molar-refractivity contribution in [3.8, 4) is 0 Å². The highest BCUT2D eigenvalue weighted by atomic mass is 35.5. The van der Waals surface area contributed by atoms with Crippen LogP contribution in [0.3, 0.4) is 0 Å². The Morgan fingerprint density at radius 2 is 2.08 bits per heavy atom. The number of rotatable bonds is 2. The summed E-state index contributed by atoms with van der Waals surface area (Å²) in [7, 11) is 0. The Hall–Kier alpha value is -0.500. The van der Waals surface area contributed by atoms with Crippen molar-refractivity contribution < 1.29 is 0 Å². The van der Waals surface area contributed by atoms with Crippen molar-refractivity contribution in [2.24, 2.45) is 5.73 Å². The normalized spacial score (nSPS) is 15.1. The van der Waals surface area contributed by atoms with Crippen molar-refractivity contribution in [2.75, 3.05) is 0 Å². The van der Waals surface area contributed by atoms with Gasteiger partial charge in [-0.3, -0.25) is 0 Å². The number of hydrogen-bond acceptors (Lipinski definition) is 1. The van der Waals surface area contributed by atoms with Gasteiger partial charge >= 0.3 is 0 Å². The Bertz CT molecular complexity index is 332. The van der Waals surface area contributed by atoms with Crippen molar-refractivity contribution >= 4 is 23.2 Å². The van der Waals surface area contributed by atoms with Crippen LogP contribution in [0.25, 0.3) is 0 Å². The number of benzene rings is 1. The molecule has 0 saturated heterocycles. The molecule has 1 nitrogen and oxygen atoms in total. The predicted octanol–water partition coefficient (Wildman–Crippen LogP) is 3.35. The topological polar surface area (TPSA) is 26.0 Å². The van der Waals surface area contributed by atoms with Crippen molar-refractivity contribution in [1.29, 1.82) is 0 Å². The molecule has 0 amide bonds. The van der Waals surface area contributed by atoms with Gasteiger partial charge in [0, 0.05) is 10.0 Å². The molecule has 2 N–H and O–H groups in total. The van der Waals surface area contributed by atoms with E-state index in [0.29, 0.717) is 10.0 Å². The van der Waals surface area contributed by atoms with Crippen LogP contribution in [0, 0.1) is 0 Å². The van der Waals surface area contributed by atoms with E-state index in [1.54, 1.807) is 18.2 Å². The molecule has 0 aliphatic heterocycles. The standard InChI is InChI=1S/C10H11Cl2N/c1-3-10(2,13)8-5-4-7(11)6-9(8)12/h3-6H,1,13H2,2H3/t10-/m1/s1. The van der Waals surface area contributed by atoms with E-state index in [1.165, 1.54) is 0 Å². The molecule has 1 rings (SSSR count). The second kappa shape index (κ2) is 3.70. The van der Waals surface area contributed by atoms with E-state index in [-0.39, 0.29) is 0 Å². The summed E-state index contributed by atoms with van der Waals surface area (Å²) >= 11 is 11.7. The van der Waals surface area contributed by atoms with Crippen molar-refractivity contribution in [3.05, 3.63) is 46.5 Å². The quantitative estimate of drug-likeness (QED) is 0.753. The fraction of sp³-hybridized carbons (Fsp3) is 0.200. The Labute approximate surface area is 88.1 Å². The Kier molecular flexibility index (Phi) is 3.01. The minimum absolute atomic E-state index is 0.567. The van der Waals surface area contributed by atoms with Gasteiger partial charge in [0.2, 0.25) is 0 Å². The van der Waals surface area contributed by atoms with Gasteiger partial charge in [-0.15, -0.1) is 6.58 Å². The molecule has 0 bridgehead atoms. The van der Waals surface area contributed by atoms with Crippen LogP contribution in [0.15, 0.2) is 30.9 Å². The van der Waals surface area contributed by atoms with E-state index in [0.717, 1.165) is 5.56 Å². The van der Waals surface area contributed by atoms with Crippen LogP contribution >= 0.6 is 23.2 Å². The monoisotopic (exact) mass is 215 g/mol. The average molecular weight is 216 g/mol. The molecule has 0 aliphatic carbocycles. The largest absolute Gasteiger partial charge is 0.318 e. The first-order chi connectivity index (χ1) is 5.97. The third-order valence-corrected chi connectivity index (χ3v) is 2.48. The molecule has 3 heteroatoms. The average Bonchev–Trinajstić information content (AvgIpc) is 2.03. The number of halogens is 2. The molecule has 1 aromatic rings. The van der Waals surface area contributed by atoms with E-state index >= 15 is 0 Å². The number of hydrogen-bond donors (Lipinski definition) is 1. The van der Waals surface area contributed by atoms with Crippen LogP contribution in [0.2, 0.25) is 10.0 Å². The molecule has 0 unspecified atom stereocenters. The summed E-state index contributed by atoms with van der Waals surface area (Å²) in [5.41, 5.74) is 6.16. The Balaban J connectivity index is 3.23. The van der Waals surface area contributed by atoms with Crippen LogP contribution in [0.5, 0.6) is 0 Å². The summed E-state index contributed by atoms with van der Waals surface area (Å²) in [6.07, 6.45) is 1.65. The Morgan fingerprint density at radius 3 is 2.54 bits per heavy atom. The lowest BCUT2D eigenvalue weighted by Crippen LogP contribution is -2.30. The summed E-state index contributed by atoms with van der Waals surface area (Å²) in [5.74, 6) is 0. The third-order valence-electron chi connectivity index (χ3n) is 1.94. The first-order valence-electron chi connectivity index (χ1n) is 3.85. The van der Waals surface area contributed by atoms with Gasteiger partial charge in [-0.2, -0.15) is 0 Å². The first kappa shape index (κ1) is 10.6. The van der Waals surface area contributed by atoms with Crippen molar-refractivity contribution in [2.45, 2.75) is 12.5 Å². The minimum Gasteiger partial charge on any atom is -0.318 e. The summed E-state index contributed by atoms with van der Waals surface area (Å²) < 4.78 is 0. The molecule has 70 valence electrons. The highest BCUT2D eigenvalue weighted by molar-refractivity contribution is 6.35. The fourth-order valence-corrected chi connectivity index (χ4v) is 1.65. The van der Waals surface area contributed by atoms with E-state index in [9.17, 15) is 0 Å². The molecule has 1 aromatic carbocycles. The minimum atomic E-state index is -0.609. The van der Waals surface area contributed by atoms with Gasteiger partial charge in [0.25, 0.3) is 0 Å². The van der Waals surface area contributed by atoms with Crippen LogP contribution in [-0.2, 0) is 5.54 Å². The highest BCUT2D eigenvalue weighted by Crippen LogP contribution is 2.29. The van der Waals surface area contributed by atoms with Crippen LogP contribution < -0.4 is 5.73 Å². The van der Waals surface area contributed by atoms with E-state index < -0.39 is 5.54 Å².